The maximum absolute atomic E-state index is 14.9. The Morgan fingerprint density at radius 3 is 2.40 bits per heavy atom. The van der Waals surface area contributed by atoms with Crippen molar-refractivity contribution in [3.8, 4) is 0 Å². The molecule has 0 saturated carbocycles. The van der Waals surface area contributed by atoms with Crippen LogP contribution in [0.4, 0.5) is 4.39 Å². The molecule has 0 amide bonds. The van der Waals surface area contributed by atoms with Crippen LogP contribution in [-0.4, -0.2) is 0 Å². The molecule has 0 radical (unpaired) electrons. The van der Waals surface area contributed by atoms with Crippen LogP contribution in [0.5, 0.6) is 0 Å². The number of aryl methyl sites for hydroxylation is 1. The van der Waals surface area contributed by atoms with Crippen molar-refractivity contribution in [1.29, 1.82) is 0 Å². The SMILES string of the molecule is FC1=C(c2ccccc2)CC2=C1c1ccccc1CC2. The van der Waals surface area contributed by atoms with Crippen molar-refractivity contribution in [1.82, 2.24) is 0 Å². The van der Waals surface area contributed by atoms with Crippen LogP contribution in [0.25, 0.3) is 11.1 Å². The summed E-state index contributed by atoms with van der Waals surface area (Å²) in [5.74, 6) is -0.0154. The molecule has 1 heteroatoms. The van der Waals surface area contributed by atoms with E-state index in [-0.39, 0.29) is 5.83 Å². The minimum absolute atomic E-state index is 0.0154. The normalized spacial score (nSPS) is 17.2. The number of fused-ring (bicyclic) bond motifs is 2. The monoisotopic (exact) mass is 262 g/mol. The lowest BCUT2D eigenvalue weighted by atomic mass is 9.87. The van der Waals surface area contributed by atoms with Gasteiger partial charge in [-0.15, -0.1) is 0 Å². The van der Waals surface area contributed by atoms with E-state index in [9.17, 15) is 4.39 Å². The lowest BCUT2D eigenvalue weighted by Crippen LogP contribution is -2.02. The standard InChI is InChI=1S/C19H15F/c20-19-17(13-6-2-1-3-7-13)12-15-11-10-14-8-4-5-9-16(14)18(15)19/h1-9H,10-12H2. The van der Waals surface area contributed by atoms with E-state index < -0.39 is 0 Å². The Balaban J connectivity index is 1.85. The lowest BCUT2D eigenvalue weighted by Gasteiger charge is -2.18. The van der Waals surface area contributed by atoms with Crippen molar-refractivity contribution < 1.29 is 4.39 Å². The van der Waals surface area contributed by atoms with Gasteiger partial charge in [0, 0.05) is 5.57 Å². The fourth-order valence-electron chi connectivity index (χ4n) is 3.34. The van der Waals surface area contributed by atoms with Gasteiger partial charge in [0.2, 0.25) is 0 Å². The third kappa shape index (κ3) is 1.66. The second-order valence-corrected chi connectivity index (χ2v) is 5.47. The number of allylic oxidation sites excluding steroid dienone is 4. The molecule has 0 aromatic heterocycles. The molecule has 0 aliphatic heterocycles. The van der Waals surface area contributed by atoms with Gasteiger partial charge in [-0.2, -0.15) is 0 Å². The van der Waals surface area contributed by atoms with E-state index in [1.54, 1.807) is 0 Å². The molecule has 0 bridgehead atoms. The first-order valence-electron chi connectivity index (χ1n) is 7.09. The molecule has 2 aliphatic carbocycles. The highest BCUT2D eigenvalue weighted by Crippen LogP contribution is 2.48. The number of benzene rings is 2. The predicted molar refractivity (Wildman–Crippen MR) is 80.8 cm³/mol. The topological polar surface area (TPSA) is 0 Å². The third-order valence-corrected chi connectivity index (χ3v) is 4.33. The van der Waals surface area contributed by atoms with E-state index in [0.29, 0.717) is 0 Å². The smallest absolute Gasteiger partial charge is 0.135 e. The molecule has 0 spiro atoms. The minimum Gasteiger partial charge on any atom is -0.206 e. The summed E-state index contributed by atoms with van der Waals surface area (Å²) in [6.45, 7) is 0. The average Bonchev–Trinajstić information content (AvgIpc) is 2.86. The zero-order chi connectivity index (χ0) is 13.5. The highest BCUT2D eigenvalue weighted by Gasteiger charge is 2.30. The van der Waals surface area contributed by atoms with Gasteiger partial charge in [-0.25, -0.2) is 4.39 Å². The quantitative estimate of drug-likeness (QED) is 0.665. The van der Waals surface area contributed by atoms with Crippen molar-refractivity contribution in [2.24, 2.45) is 0 Å². The van der Waals surface area contributed by atoms with Gasteiger partial charge < -0.3 is 0 Å². The Morgan fingerprint density at radius 2 is 1.55 bits per heavy atom. The Morgan fingerprint density at radius 1 is 0.800 bits per heavy atom. The number of rotatable bonds is 1. The first-order valence-corrected chi connectivity index (χ1v) is 7.09. The molecule has 20 heavy (non-hydrogen) atoms. The van der Waals surface area contributed by atoms with Gasteiger partial charge in [0.15, 0.2) is 0 Å². The first-order chi connectivity index (χ1) is 9.84. The van der Waals surface area contributed by atoms with Crippen molar-refractivity contribution in [3.63, 3.8) is 0 Å². The van der Waals surface area contributed by atoms with E-state index in [0.717, 1.165) is 41.5 Å². The van der Waals surface area contributed by atoms with E-state index in [1.165, 1.54) is 11.1 Å². The van der Waals surface area contributed by atoms with E-state index >= 15 is 0 Å². The van der Waals surface area contributed by atoms with Gasteiger partial charge in [-0.3, -0.25) is 0 Å². The molecule has 4 rings (SSSR count). The molecule has 98 valence electrons. The van der Waals surface area contributed by atoms with Gasteiger partial charge in [-0.1, -0.05) is 60.2 Å². The summed E-state index contributed by atoms with van der Waals surface area (Å²) >= 11 is 0. The maximum atomic E-state index is 14.9. The molecule has 0 saturated heterocycles. The third-order valence-electron chi connectivity index (χ3n) is 4.33. The second-order valence-electron chi connectivity index (χ2n) is 5.47. The van der Waals surface area contributed by atoms with Gasteiger partial charge in [0.1, 0.15) is 5.83 Å². The summed E-state index contributed by atoms with van der Waals surface area (Å²) in [5.41, 5.74) is 6.36. The molecule has 0 fully saturated rings. The molecule has 2 aromatic rings. The molecule has 0 unspecified atom stereocenters. The van der Waals surface area contributed by atoms with Crippen LogP contribution in [0.15, 0.2) is 66.0 Å². The zero-order valence-corrected chi connectivity index (χ0v) is 11.2. The van der Waals surface area contributed by atoms with Crippen molar-refractivity contribution in [2.75, 3.05) is 0 Å². The fraction of sp³-hybridized carbons (Fsp3) is 0.158. The van der Waals surface area contributed by atoms with E-state index in [2.05, 4.69) is 12.1 Å². The maximum Gasteiger partial charge on any atom is 0.135 e. The zero-order valence-electron chi connectivity index (χ0n) is 11.2. The highest BCUT2D eigenvalue weighted by atomic mass is 19.1. The minimum atomic E-state index is -0.0154. The Labute approximate surface area is 118 Å². The second kappa shape index (κ2) is 4.45. The molecule has 2 aromatic carbocycles. The summed E-state index contributed by atoms with van der Waals surface area (Å²) in [6, 6.07) is 18.1. The number of hydrogen-bond donors (Lipinski definition) is 0. The van der Waals surface area contributed by atoms with Gasteiger partial charge >= 0.3 is 0 Å². The summed E-state index contributed by atoms with van der Waals surface area (Å²) in [4.78, 5) is 0. The largest absolute Gasteiger partial charge is 0.206 e. The van der Waals surface area contributed by atoms with Crippen LogP contribution in [-0.2, 0) is 6.42 Å². The van der Waals surface area contributed by atoms with E-state index in [1.807, 2.05) is 42.5 Å². The van der Waals surface area contributed by atoms with Crippen LogP contribution in [0.3, 0.4) is 0 Å². The first kappa shape index (κ1) is 11.7. The molecular formula is C19H15F. The van der Waals surface area contributed by atoms with Gasteiger partial charge in [0.05, 0.1) is 0 Å². The van der Waals surface area contributed by atoms with Crippen LogP contribution in [0.1, 0.15) is 29.5 Å². The lowest BCUT2D eigenvalue weighted by molar-refractivity contribution is 0.677. The molecular weight excluding hydrogens is 247 g/mol. The Hall–Kier alpha value is -2.15. The van der Waals surface area contributed by atoms with Crippen LogP contribution >= 0.6 is 0 Å². The van der Waals surface area contributed by atoms with Gasteiger partial charge in [0.25, 0.3) is 0 Å². The predicted octanol–water partition coefficient (Wildman–Crippen LogP) is 5.17. The van der Waals surface area contributed by atoms with Crippen LogP contribution in [0.2, 0.25) is 0 Å². The Bertz CT molecular complexity index is 735. The van der Waals surface area contributed by atoms with Crippen molar-refractivity contribution >= 4 is 11.1 Å². The average molecular weight is 262 g/mol. The summed E-state index contributed by atoms with van der Waals surface area (Å²) in [7, 11) is 0. The molecule has 0 atom stereocenters. The molecule has 0 nitrogen and oxygen atoms in total. The Kier molecular flexibility index (Phi) is 2.59. The molecule has 0 N–H and O–H groups in total. The van der Waals surface area contributed by atoms with Crippen molar-refractivity contribution in [3.05, 3.63) is 82.7 Å². The highest BCUT2D eigenvalue weighted by molar-refractivity contribution is 5.96. The van der Waals surface area contributed by atoms with Gasteiger partial charge in [-0.05, 0) is 41.5 Å². The van der Waals surface area contributed by atoms with Crippen LogP contribution < -0.4 is 0 Å². The summed E-state index contributed by atoms with van der Waals surface area (Å²) < 4.78 is 14.9. The summed E-state index contributed by atoms with van der Waals surface area (Å²) in [5, 5.41) is 0. The number of hydrogen-bond acceptors (Lipinski definition) is 0. The molecule has 0 heterocycles. The van der Waals surface area contributed by atoms with Crippen LogP contribution in [0, 0.1) is 0 Å². The fourth-order valence-corrected chi connectivity index (χ4v) is 3.34. The summed E-state index contributed by atoms with van der Waals surface area (Å²) in [6.07, 6.45) is 2.78. The molecule has 2 aliphatic rings. The van der Waals surface area contributed by atoms with Crippen molar-refractivity contribution in [2.45, 2.75) is 19.3 Å². The number of halogens is 1. The van der Waals surface area contributed by atoms with E-state index in [4.69, 9.17) is 0 Å².